The highest BCUT2D eigenvalue weighted by Gasteiger charge is 2.16. The lowest BCUT2D eigenvalue weighted by Crippen LogP contribution is -2.05. The summed E-state index contributed by atoms with van der Waals surface area (Å²) in [5.41, 5.74) is 6.54. The van der Waals surface area contributed by atoms with E-state index in [1.54, 1.807) is 0 Å². The molecule has 0 atom stereocenters. The quantitative estimate of drug-likeness (QED) is 0.754. The number of nitrogens with zero attached hydrogens (tertiary/aromatic N) is 2. The molecule has 0 aliphatic heterocycles. The first-order valence-corrected chi connectivity index (χ1v) is 5.91. The molecule has 2 rings (SSSR count). The Bertz CT molecular complexity index is 286. The van der Waals surface area contributed by atoms with Crippen LogP contribution in [0.4, 0.5) is 0 Å². The molecule has 1 aliphatic carbocycles. The molecule has 0 unspecified atom stereocenters. The molecular weight excluding hydrogens is 186 g/mol. The summed E-state index contributed by atoms with van der Waals surface area (Å²) in [4.78, 5) is 8.85. The highest BCUT2D eigenvalue weighted by molar-refractivity contribution is 5.07. The summed E-state index contributed by atoms with van der Waals surface area (Å²) in [6, 6.07) is 0. The maximum Gasteiger partial charge on any atom is 0.131 e. The van der Waals surface area contributed by atoms with Gasteiger partial charge >= 0.3 is 0 Å². The Hall–Kier alpha value is -0.960. The van der Waals surface area contributed by atoms with Gasteiger partial charge in [-0.25, -0.2) is 9.97 Å². The standard InChI is InChI=1S/C12H19N3/c13-7-10-8-14-12(15-9-10)11-5-3-1-2-4-6-11/h8-9,11H,1-7,13H2. The second-order valence-corrected chi connectivity index (χ2v) is 4.34. The fraction of sp³-hybridized carbons (Fsp3) is 0.667. The molecule has 1 aromatic heterocycles. The first-order valence-electron chi connectivity index (χ1n) is 5.91. The van der Waals surface area contributed by atoms with Crippen LogP contribution in [0.3, 0.4) is 0 Å². The van der Waals surface area contributed by atoms with E-state index in [1.165, 1.54) is 38.5 Å². The molecule has 0 amide bonds. The molecule has 1 heterocycles. The van der Waals surface area contributed by atoms with E-state index in [1.807, 2.05) is 12.4 Å². The van der Waals surface area contributed by atoms with Crippen molar-refractivity contribution >= 4 is 0 Å². The maximum absolute atomic E-state index is 5.52. The van der Waals surface area contributed by atoms with Crippen LogP contribution in [0.2, 0.25) is 0 Å². The van der Waals surface area contributed by atoms with E-state index in [0.717, 1.165) is 11.4 Å². The van der Waals surface area contributed by atoms with Gasteiger partial charge in [0.1, 0.15) is 5.82 Å². The van der Waals surface area contributed by atoms with Crippen LogP contribution < -0.4 is 5.73 Å². The van der Waals surface area contributed by atoms with Crippen molar-refractivity contribution in [3.05, 3.63) is 23.8 Å². The number of rotatable bonds is 2. The van der Waals surface area contributed by atoms with Crippen molar-refractivity contribution in [2.24, 2.45) is 5.73 Å². The molecule has 0 spiro atoms. The van der Waals surface area contributed by atoms with Crippen molar-refractivity contribution in [2.45, 2.75) is 51.0 Å². The predicted molar refractivity (Wildman–Crippen MR) is 60.4 cm³/mol. The summed E-state index contributed by atoms with van der Waals surface area (Å²) < 4.78 is 0. The fourth-order valence-electron chi connectivity index (χ4n) is 2.22. The molecular formula is C12H19N3. The van der Waals surface area contributed by atoms with Gasteiger partial charge in [0.05, 0.1) is 0 Å². The van der Waals surface area contributed by atoms with Crippen LogP contribution in [0.15, 0.2) is 12.4 Å². The molecule has 3 nitrogen and oxygen atoms in total. The summed E-state index contributed by atoms with van der Waals surface area (Å²) in [5.74, 6) is 1.61. The summed E-state index contributed by atoms with van der Waals surface area (Å²) in [6.07, 6.45) is 11.6. The molecule has 82 valence electrons. The van der Waals surface area contributed by atoms with Crippen molar-refractivity contribution < 1.29 is 0 Å². The number of hydrogen-bond donors (Lipinski definition) is 1. The van der Waals surface area contributed by atoms with Crippen molar-refractivity contribution in [3.63, 3.8) is 0 Å². The molecule has 1 aromatic rings. The van der Waals surface area contributed by atoms with Gasteiger partial charge in [0.15, 0.2) is 0 Å². The van der Waals surface area contributed by atoms with E-state index in [4.69, 9.17) is 5.73 Å². The molecule has 3 heteroatoms. The van der Waals surface area contributed by atoms with E-state index in [9.17, 15) is 0 Å². The average molecular weight is 205 g/mol. The molecule has 0 aromatic carbocycles. The van der Waals surface area contributed by atoms with Crippen molar-refractivity contribution in [1.29, 1.82) is 0 Å². The first-order chi connectivity index (χ1) is 7.40. The Morgan fingerprint density at radius 3 is 2.20 bits per heavy atom. The summed E-state index contributed by atoms with van der Waals surface area (Å²) >= 11 is 0. The molecule has 1 saturated carbocycles. The minimum atomic E-state index is 0.533. The monoisotopic (exact) mass is 205 g/mol. The summed E-state index contributed by atoms with van der Waals surface area (Å²) in [5, 5.41) is 0. The molecule has 1 fully saturated rings. The van der Waals surface area contributed by atoms with Crippen LogP contribution >= 0.6 is 0 Å². The normalized spacial score (nSPS) is 18.7. The predicted octanol–water partition coefficient (Wildman–Crippen LogP) is 2.37. The Kier molecular flexibility index (Phi) is 3.67. The Morgan fingerprint density at radius 2 is 1.67 bits per heavy atom. The van der Waals surface area contributed by atoms with Gasteiger partial charge in [-0.1, -0.05) is 25.7 Å². The molecule has 1 aliphatic rings. The average Bonchev–Trinajstić information content (AvgIpc) is 2.58. The SMILES string of the molecule is NCc1cnc(C2CCCCCC2)nc1. The van der Waals surface area contributed by atoms with Gasteiger partial charge in [-0.2, -0.15) is 0 Å². The van der Waals surface area contributed by atoms with Crippen LogP contribution in [0.25, 0.3) is 0 Å². The third-order valence-corrected chi connectivity index (χ3v) is 3.18. The van der Waals surface area contributed by atoms with E-state index in [-0.39, 0.29) is 0 Å². The van der Waals surface area contributed by atoms with Crippen LogP contribution in [0.5, 0.6) is 0 Å². The van der Waals surface area contributed by atoms with Gasteiger partial charge in [-0.15, -0.1) is 0 Å². The molecule has 0 bridgehead atoms. The number of hydrogen-bond acceptors (Lipinski definition) is 3. The van der Waals surface area contributed by atoms with Crippen molar-refractivity contribution in [2.75, 3.05) is 0 Å². The van der Waals surface area contributed by atoms with Crippen LogP contribution in [0.1, 0.15) is 55.8 Å². The lowest BCUT2D eigenvalue weighted by molar-refractivity contribution is 0.559. The van der Waals surface area contributed by atoms with Crippen LogP contribution in [-0.4, -0.2) is 9.97 Å². The zero-order valence-electron chi connectivity index (χ0n) is 9.15. The highest BCUT2D eigenvalue weighted by Crippen LogP contribution is 2.29. The topological polar surface area (TPSA) is 51.8 Å². The largest absolute Gasteiger partial charge is 0.326 e. The first kappa shape index (κ1) is 10.6. The number of aromatic nitrogens is 2. The minimum absolute atomic E-state index is 0.533. The van der Waals surface area contributed by atoms with E-state index >= 15 is 0 Å². The van der Waals surface area contributed by atoms with E-state index in [0.29, 0.717) is 12.5 Å². The van der Waals surface area contributed by atoms with Gasteiger partial charge in [0.25, 0.3) is 0 Å². The number of nitrogens with two attached hydrogens (primary N) is 1. The van der Waals surface area contributed by atoms with Crippen LogP contribution in [0, 0.1) is 0 Å². The van der Waals surface area contributed by atoms with Crippen molar-refractivity contribution in [3.8, 4) is 0 Å². The van der Waals surface area contributed by atoms with Gasteiger partial charge in [0, 0.05) is 30.4 Å². The van der Waals surface area contributed by atoms with E-state index in [2.05, 4.69) is 9.97 Å². The highest BCUT2D eigenvalue weighted by atomic mass is 14.9. The zero-order valence-corrected chi connectivity index (χ0v) is 9.15. The Balaban J connectivity index is 2.06. The van der Waals surface area contributed by atoms with E-state index < -0.39 is 0 Å². The second-order valence-electron chi connectivity index (χ2n) is 4.34. The summed E-state index contributed by atoms with van der Waals surface area (Å²) in [7, 11) is 0. The third kappa shape index (κ3) is 2.75. The Labute approximate surface area is 91.1 Å². The summed E-state index contributed by atoms with van der Waals surface area (Å²) in [6.45, 7) is 0.533. The van der Waals surface area contributed by atoms with Gasteiger partial charge in [-0.05, 0) is 12.8 Å². The van der Waals surface area contributed by atoms with Gasteiger partial charge in [0.2, 0.25) is 0 Å². The second kappa shape index (κ2) is 5.21. The molecule has 15 heavy (non-hydrogen) atoms. The maximum atomic E-state index is 5.52. The molecule has 2 N–H and O–H groups in total. The fourth-order valence-corrected chi connectivity index (χ4v) is 2.22. The molecule has 0 radical (unpaired) electrons. The lowest BCUT2D eigenvalue weighted by Gasteiger charge is -2.11. The third-order valence-electron chi connectivity index (χ3n) is 3.18. The Morgan fingerprint density at radius 1 is 1.07 bits per heavy atom. The minimum Gasteiger partial charge on any atom is -0.326 e. The lowest BCUT2D eigenvalue weighted by atomic mass is 9.99. The molecule has 0 saturated heterocycles. The van der Waals surface area contributed by atoms with Crippen LogP contribution in [-0.2, 0) is 6.54 Å². The zero-order chi connectivity index (χ0) is 10.5. The van der Waals surface area contributed by atoms with Gasteiger partial charge < -0.3 is 5.73 Å². The smallest absolute Gasteiger partial charge is 0.131 e. The van der Waals surface area contributed by atoms with Crippen molar-refractivity contribution in [1.82, 2.24) is 9.97 Å². The van der Waals surface area contributed by atoms with Gasteiger partial charge in [-0.3, -0.25) is 0 Å².